The van der Waals surface area contributed by atoms with E-state index in [4.69, 9.17) is 10.5 Å². The maximum absolute atomic E-state index is 12.2. The molecule has 1 rings (SSSR count). The van der Waals surface area contributed by atoms with Gasteiger partial charge >= 0.3 is 5.97 Å². The van der Waals surface area contributed by atoms with Crippen molar-refractivity contribution in [3.05, 3.63) is 0 Å². The molecule has 1 aliphatic carbocycles. The summed E-state index contributed by atoms with van der Waals surface area (Å²) >= 11 is 0. The number of amides is 1. The number of nitrogens with one attached hydrogen (secondary N) is 1. The van der Waals surface area contributed by atoms with E-state index in [1.807, 2.05) is 27.7 Å². The van der Waals surface area contributed by atoms with Crippen LogP contribution in [0.15, 0.2) is 0 Å². The van der Waals surface area contributed by atoms with E-state index in [0.29, 0.717) is 18.8 Å². The monoisotopic (exact) mass is 284 g/mol. The summed E-state index contributed by atoms with van der Waals surface area (Å²) in [5, 5.41) is 2.85. The van der Waals surface area contributed by atoms with Crippen molar-refractivity contribution < 1.29 is 14.3 Å². The van der Waals surface area contributed by atoms with Crippen LogP contribution in [0.2, 0.25) is 0 Å². The van der Waals surface area contributed by atoms with Crippen LogP contribution >= 0.6 is 0 Å². The molecule has 0 spiro atoms. The largest absolute Gasteiger partial charge is 0.461 e. The van der Waals surface area contributed by atoms with E-state index < -0.39 is 6.04 Å². The zero-order valence-electron chi connectivity index (χ0n) is 13.0. The molecule has 3 N–H and O–H groups in total. The highest BCUT2D eigenvalue weighted by molar-refractivity contribution is 5.86. The van der Waals surface area contributed by atoms with E-state index in [9.17, 15) is 9.59 Å². The molecule has 5 nitrogen and oxygen atoms in total. The average Bonchev–Trinajstić information content (AvgIpc) is 2.73. The summed E-state index contributed by atoms with van der Waals surface area (Å²) in [6, 6.07) is -0.446. The normalized spacial score (nSPS) is 23.9. The van der Waals surface area contributed by atoms with Gasteiger partial charge in [0.15, 0.2) is 0 Å². The molecule has 0 aromatic rings. The maximum Gasteiger partial charge on any atom is 0.328 e. The lowest BCUT2D eigenvalue weighted by atomic mass is 10.0. The summed E-state index contributed by atoms with van der Waals surface area (Å²) in [5.41, 5.74) is 5.83. The molecule has 0 aliphatic heterocycles. The molecule has 0 radical (unpaired) electrons. The predicted molar refractivity (Wildman–Crippen MR) is 77.9 cm³/mol. The fourth-order valence-corrected chi connectivity index (χ4v) is 2.54. The van der Waals surface area contributed by atoms with Gasteiger partial charge in [0.1, 0.15) is 6.04 Å². The Morgan fingerprint density at radius 2 is 1.90 bits per heavy atom. The number of esters is 1. The van der Waals surface area contributed by atoms with Gasteiger partial charge in [-0.3, -0.25) is 4.79 Å². The van der Waals surface area contributed by atoms with Crippen LogP contribution < -0.4 is 11.1 Å². The van der Waals surface area contributed by atoms with E-state index in [0.717, 1.165) is 12.8 Å². The van der Waals surface area contributed by atoms with Crippen LogP contribution in [0.4, 0.5) is 0 Å². The molecule has 2 unspecified atom stereocenters. The van der Waals surface area contributed by atoms with Crippen LogP contribution in [0.5, 0.6) is 0 Å². The highest BCUT2D eigenvalue weighted by atomic mass is 16.5. The van der Waals surface area contributed by atoms with E-state index >= 15 is 0 Å². The molecule has 1 saturated carbocycles. The van der Waals surface area contributed by atoms with E-state index in [-0.39, 0.29) is 29.9 Å². The number of rotatable bonds is 6. The van der Waals surface area contributed by atoms with Gasteiger partial charge in [-0.05, 0) is 45.4 Å². The fourth-order valence-electron chi connectivity index (χ4n) is 2.54. The number of carbonyl (C=O) groups excluding carboxylic acids is 2. The van der Waals surface area contributed by atoms with Crippen LogP contribution in [0, 0.1) is 11.8 Å². The van der Waals surface area contributed by atoms with Crippen molar-refractivity contribution in [1.29, 1.82) is 0 Å². The van der Waals surface area contributed by atoms with Crippen molar-refractivity contribution in [2.45, 2.75) is 71.6 Å². The number of carbonyl (C=O) groups is 2. The second kappa shape index (κ2) is 7.62. The summed E-state index contributed by atoms with van der Waals surface area (Å²) in [7, 11) is 0. The first kappa shape index (κ1) is 17.0. The smallest absolute Gasteiger partial charge is 0.328 e. The van der Waals surface area contributed by atoms with Crippen molar-refractivity contribution in [2.24, 2.45) is 17.6 Å². The molecule has 0 bridgehead atoms. The Labute approximate surface area is 121 Å². The highest BCUT2D eigenvalue weighted by Crippen LogP contribution is 2.24. The number of ether oxygens (including phenoxy) is 1. The van der Waals surface area contributed by atoms with Crippen LogP contribution in [-0.4, -0.2) is 30.1 Å². The van der Waals surface area contributed by atoms with Crippen LogP contribution in [0.25, 0.3) is 0 Å². The summed E-state index contributed by atoms with van der Waals surface area (Å²) < 4.78 is 5.22. The molecule has 0 aromatic carbocycles. The van der Waals surface area contributed by atoms with Gasteiger partial charge in [-0.15, -0.1) is 0 Å². The molecule has 116 valence electrons. The van der Waals surface area contributed by atoms with Crippen molar-refractivity contribution in [1.82, 2.24) is 5.32 Å². The SMILES string of the molecule is CC(C)C[C@H](NC(=O)C1CCC(N)C1)C(=O)OC(C)C. The Morgan fingerprint density at radius 1 is 1.25 bits per heavy atom. The van der Waals surface area contributed by atoms with Gasteiger partial charge in [0, 0.05) is 12.0 Å². The predicted octanol–water partition coefficient (Wildman–Crippen LogP) is 1.60. The Balaban J connectivity index is 2.59. The summed E-state index contributed by atoms with van der Waals surface area (Å²) in [6.07, 6.45) is 2.81. The molecular formula is C15H28N2O3. The molecule has 20 heavy (non-hydrogen) atoms. The first-order valence-corrected chi connectivity index (χ1v) is 7.56. The van der Waals surface area contributed by atoms with Gasteiger partial charge in [-0.1, -0.05) is 13.8 Å². The molecule has 1 amide bonds. The van der Waals surface area contributed by atoms with Crippen molar-refractivity contribution in [3.8, 4) is 0 Å². The minimum atomic E-state index is -0.554. The topological polar surface area (TPSA) is 81.4 Å². The quantitative estimate of drug-likeness (QED) is 0.726. The first-order chi connectivity index (χ1) is 9.29. The van der Waals surface area contributed by atoms with Gasteiger partial charge in [-0.25, -0.2) is 4.79 Å². The first-order valence-electron chi connectivity index (χ1n) is 7.56. The van der Waals surface area contributed by atoms with Crippen LogP contribution in [-0.2, 0) is 14.3 Å². The van der Waals surface area contributed by atoms with Gasteiger partial charge in [0.25, 0.3) is 0 Å². The molecule has 0 aromatic heterocycles. The standard InChI is InChI=1S/C15H28N2O3/c1-9(2)7-13(15(19)20-10(3)4)17-14(18)11-5-6-12(16)8-11/h9-13H,5-8,16H2,1-4H3,(H,17,18)/t11?,12?,13-/m0/s1. The second-order valence-electron chi connectivity index (χ2n) is 6.45. The van der Waals surface area contributed by atoms with Crippen molar-refractivity contribution >= 4 is 11.9 Å². The van der Waals surface area contributed by atoms with Gasteiger partial charge in [0.2, 0.25) is 5.91 Å². The maximum atomic E-state index is 12.2. The summed E-state index contributed by atoms with van der Waals surface area (Å²) in [5.74, 6) is -0.161. The van der Waals surface area contributed by atoms with Crippen molar-refractivity contribution in [3.63, 3.8) is 0 Å². The van der Waals surface area contributed by atoms with E-state index in [1.165, 1.54) is 0 Å². The molecule has 1 fully saturated rings. The molecule has 1 aliphatic rings. The molecule has 3 atom stereocenters. The number of hydrogen-bond donors (Lipinski definition) is 2. The average molecular weight is 284 g/mol. The van der Waals surface area contributed by atoms with Crippen LogP contribution in [0.3, 0.4) is 0 Å². The fraction of sp³-hybridized carbons (Fsp3) is 0.867. The third-order valence-electron chi connectivity index (χ3n) is 3.50. The minimum absolute atomic E-state index is 0.0634. The van der Waals surface area contributed by atoms with Crippen molar-refractivity contribution in [2.75, 3.05) is 0 Å². The zero-order chi connectivity index (χ0) is 15.3. The summed E-state index contributed by atoms with van der Waals surface area (Å²) in [6.45, 7) is 7.66. The number of nitrogens with two attached hydrogens (primary N) is 1. The second-order valence-corrected chi connectivity index (χ2v) is 6.45. The van der Waals surface area contributed by atoms with E-state index in [2.05, 4.69) is 5.32 Å². The van der Waals surface area contributed by atoms with Gasteiger partial charge < -0.3 is 15.8 Å². The minimum Gasteiger partial charge on any atom is -0.461 e. The Morgan fingerprint density at radius 3 is 2.35 bits per heavy atom. The van der Waals surface area contributed by atoms with Gasteiger partial charge in [-0.2, -0.15) is 0 Å². The molecule has 0 saturated heterocycles. The Kier molecular flexibility index (Phi) is 6.46. The van der Waals surface area contributed by atoms with Crippen LogP contribution in [0.1, 0.15) is 53.4 Å². The molecular weight excluding hydrogens is 256 g/mol. The third kappa shape index (κ3) is 5.49. The van der Waals surface area contributed by atoms with Gasteiger partial charge in [0.05, 0.1) is 6.10 Å². The lowest BCUT2D eigenvalue weighted by Crippen LogP contribution is -2.45. The Bertz CT molecular complexity index is 342. The lowest BCUT2D eigenvalue weighted by Gasteiger charge is -2.22. The Hall–Kier alpha value is -1.10. The molecule has 5 heteroatoms. The summed E-state index contributed by atoms with van der Waals surface area (Å²) in [4.78, 5) is 24.2. The number of hydrogen-bond acceptors (Lipinski definition) is 4. The third-order valence-corrected chi connectivity index (χ3v) is 3.50. The lowest BCUT2D eigenvalue weighted by molar-refractivity contribution is -0.152. The zero-order valence-corrected chi connectivity index (χ0v) is 13.0. The highest BCUT2D eigenvalue weighted by Gasteiger charge is 2.31. The van der Waals surface area contributed by atoms with E-state index in [1.54, 1.807) is 0 Å². The molecule has 0 heterocycles.